The summed E-state index contributed by atoms with van der Waals surface area (Å²) in [6.45, 7) is 5.05. The summed E-state index contributed by atoms with van der Waals surface area (Å²) in [6, 6.07) is 4.23. The lowest BCUT2D eigenvalue weighted by molar-refractivity contribution is -0.385. The van der Waals surface area contributed by atoms with Crippen molar-refractivity contribution in [2.24, 2.45) is 0 Å². The summed E-state index contributed by atoms with van der Waals surface area (Å²) in [7, 11) is 1.24. The third-order valence-corrected chi connectivity index (χ3v) is 2.28. The molecule has 0 aliphatic heterocycles. The summed E-state index contributed by atoms with van der Waals surface area (Å²) in [6.07, 6.45) is 0.360. The fourth-order valence-electron chi connectivity index (χ4n) is 1.36. The van der Waals surface area contributed by atoms with Crippen LogP contribution in [0.25, 0.3) is 0 Å². The Kier molecular flexibility index (Phi) is 4.42. The lowest BCUT2D eigenvalue weighted by Crippen LogP contribution is -2.26. The summed E-state index contributed by atoms with van der Waals surface area (Å²) < 4.78 is 9.84. The van der Waals surface area contributed by atoms with Gasteiger partial charge in [0.05, 0.1) is 12.0 Å². The van der Waals surface area contributed by atoms with Crippen molar-refractivity contribution in [1.29, 1.82) is 0 Å². The van der Waals surface area contributed by atoms with Crippen molar-refractivity contribution in [3.63, 3.8) is 0 Å². The average molecular weight is 251 g/mol. The van der Waals surface area contributed by atoms with Crippen molar-refractivity contribution < 1.29 is 19.2 Å². The van der Waals surface area contributed by atoms with Gasteiger partial charge in [-0.3, -0.25) is 10.1 Å². The molecule has 0 bridgehead atoms. The number of aryl methyl sites for hydroxylation is 1. The predicted molar refractivity (Wildman–Crippen MR) is 64.5 cm³/mol. The van der Waals surface area contributed by atoms with Gasteiger partial charge in [0.2, 0.25) is 6.10 Å². The van der Waals surface area contributed by atoms with Crippen LogP contribution in [0.4, 0.5) is 5.69 Å². The van der Waals surface area contributed by atoms with Gasteiger partial charge in [0, 0.05) is 11.6 Å². The van der Waals surface area contributed by atoms with Crippen LogP contribution in [-0.2, 0) is 9.53 Å². The quantitative estimate of drug-likeness (QED) is 0.346. The Morgan fingerprint density at radius 3 is 2.67 bits per heavy atom. The largest absolute Gasteiger partial charge is 0.475 e. The number of nitro groups is 1. The fraction of sp³-hybridized carbons (Fsp3) is 0.250. The van der Waals surface area contributed by atoms with Gasteiger partial charge in [-0.2, -0.15) is 0 Å². The van der Waals surface area contributed by atoms with Gasteiger partial charge >= 0.3 is 5.97 Å². The fourth-order valence-corrected chi connectivity index (χ4v) is 1.36. The van der Waals surface area contributed by atoms with Crippen LogP contribution in [0.2, 0.25) is 0 Å². The minimum Gasteiger partial charge on any atom is -0.475 e. The van der Waals surface area contributed by atoms with Gasteiger partial charge in [-0.1, -0.05) is 6.58 Å². The summed E-state index contributed by atoms with van der Waals surface area (Å²) in [4.78, 5) is 21.4. The monoisotopic (exact) mass is 251 g/mol. The molecule has 0 aromatic heterocycles. The van der Waals surface area contributed by atoms with E-state index in [1.54, 1.807) is 6.92 Å². The van der Waals surface area contributed by atoms with E-state index in [0.717, 1.165) is 0 Å². The molecule has 6 nitrogen and oxygen atoms in total. The van der Waals surface area contributed by atoms with Crippen LogP contribution < -0.4 is 4.74 Å². The highest BCUT2D eigenvalue weighted by Gasteiger charge is 2.18. The maximum atomic E-state index is 11.3. The molecule has 1 aromatic carbocycles. The molecule has 0 aliphatic rings. The van der Waals surface area contributed by atoms with Gasteiger partial charge in [0.15, 0.2) is 0 Å². The van der Waals surface area contributed by atoms with Crippen LogP contribution in [-0.4, -0.2) is 24.1 Å². The van der Waals surface area contributed by atoms with E-state index in [9.17, 15) is 14.9 Å². The summed E-state index contributed by atoms with van der Waals surface area (Å²) in [5, 5.41) is 10.6. The number of carbonyl (C=O) groups excluding carboxylic acids is 1. The molecule has 1 atom stereocenters. The molecule has 0 amide bonds. The zero-order valence-electron chi connectivity index (χ0n) is 10.1. The van der Waals surface area contributed by atoms with E-state index in [-0.39, 0.29) is 5.69 Å². The van der Waals surface area contributed by atoms with Gasteiger partial charge in [-0.15, -0.1) is 0 Å². The minimum atomic E-state index is -0.934. The molecule has 1 unspecified atom stereocenters. The Balaban J connectivity index is 2.92. The van der Waals surface area contributed by atoms with E-state index in [4.69, 9.17) is 4.74 Å². The van der Waals surface area contributed by atoms with E-state index in [2.05, 4.69) is 11.3 Å². The van der Waals surface area contributed by atoms with E-state index in [1.807, 2.05) is 0 Å². The first kappa shape index (κ1) is 13.7. The van der Waals surface area contributed by atoms with Crippen molar-refractivity contribution in [2.75, 3.05) is 7.11 Å². The maximum Gasteiger partial charge on any atom is 0.351 e. The molecule has 1 rings (SSSR count). The zero-order chi connectivity index (χ0) is 13.7. The van der Waals surface area contributed by atoms with E-state index in [0.29, 0.717) is 11.3 Å². The standard InChI is InChI=1S/C12H13NO5/c1-4-11(12(14)17-3)18-9-5-6-10(13(15)16)8(2)7-9/h4-7,11H,1H2,2-3H3. The molecule has 0 radical (unpaired) electrons. The number of benzene rings is 1. The van der Waals surface area contributed by atoms with E-state index in [1.165, 1.54) is 31.4 Å². The van der Waals surface area contributed by atoms with Gasteiger partial charge < -0.3 is 9.47 Å². The highest BCUT2D eigenvalue weighted by Crippen LogP contribution is 2.23. The third-order valence-electron chi connectivity index (χ3n) is 2.28. The predicted octanol–water partition coefficient (Wildman–Crippen LogP) is 2.01. The highest BCUT2D eigenvalue weighted by molar-refractivity contribution is 5.77. The lowest BCUT2D eigenvalue weighted by Gasteiger charge is -2.13. The molecule has 6 heteroatoms. The van der Waals surface area contributed by atoms with Gasteiger partial charge in [-0.25, -0.2) is 4.79 Å². The first-order chi connectivity index (χ1) is 8.49. The number of esters is 1. The molecule has 0 heterocycles. The maximum absolute atomic E-state index is 11.3. The van der Waals surface area contributed by atoms with Crippen molar-refractivity contribution in [1.82, 2.24) is 0 Å². The van der Waals surface area contributed by atoms with Crippen LogP contribution in [0.1, 0.15) is 5.56 Å². The number of hydrogen-bond donors (Lipinski definition) is 0. The first-order valence-corrected chi connectivity index (χ1v) is 5.11. The Morgan fingerprint density at radius 1 is 1.56 bits per heavy atom. The summed E-state index contributed by atoms with van der Waals surface area (Å²) in [5.41, 5.74) is 0.445. The summed E-state index contributed by atoms with van der Waals surface area (Å²) >= 11 is 0. The highest BCUT2D eigenvalue weighted by atomic mass is 16.6. The van der Waals surface area contributed by atoms with Gasteiger partial charge in [-0.05, 0) is 25.1 Å². The average Bonchev–Trinajstić information content (AvgIpc) is 2.34. The Bertz CT molecular complexity index is 483. The van der Waals surface area contributed by atoms with Crippen LogP contribution in [0.3, 0.4) is 0 Å². The minimum absolute atomic E-state index is 0.00410. The Labute approximate surface area is 104 Å². The first-order valence-electron chi connectivity index (χ1n) is 5.11. The molecule has 0 spiro atoms. The molecule has 0 aliphatic carbocycles. The normalized spacial score (nSPS) is 11.4. The number of rotatable bonds is 5. The molecule has 18 heavy (non-hydrogen) atoms. The smallest absolute Gasteiger partial charge is 0.351 e. The van der Waals surface area contributed by atoms with Crippen LogP contribution in [0.15, 0.2) is 30.9 Å². The van der Waals surface area contributed by atoms with E-state index < -0.39 is 17.0 Å². The number of ether oxygens (including phenoxy) is 2. The number of nitro benzene ring substituents is 1. The molecule has 96 valence electrons. The lowest BCUT2D eigenvalue weighted by atomic mass is 10.2. The second kappa shape index (κ2) is 5.81. The van der Waals surface area contributed by atoms with Crippen molar-refractivity contribution >= 4 is 11.7 Å². The molecule has 0 N–H and O–H groups in total. The number of nitrogens with zero attached hydrogens (tertiary/aromatic N) is 1. The van der Waals surface area contributed by atoms with Crippen LogP contribution in [0, 0.1) is 17.0 Å². The van der Waals surface area contributed by atoms with Crippen LogP contribution >= 0.6 is 0 Å². The Morgan fingerprint density at radius 2 is 2.22 bits per heavy atom. The number of carbonyl (C=O) groups is 1. The van der Waals surface area contributed by atoms with Crippen molar-refractivity contribution in [3.05, 3.63) is 46.5 Å². The van der Waals surface area contributed by atoms with Crippen molar-refractivity contribution in [2.45, 2.75) is 13.0 Å². The number of methoxy groups -OCH3 is 1. The SMILES string of the molecule is C=CC(Oc1ccc([N+](=O)[O-])c(C)c1)C(=O)OC. The second-order valence-corrected chi connectivity index (χ2v) is 3.50. The molecule has 1 aromatic rings. The zero-order valence-corrected chi connectivity index (χ0v) is 10.1. The Hall–Kier alpha value is -2.37. The molecule has 0 saturated heterocycles. The van der Waals surface area contributed by atoms with Crippen molar-refractivity contribution in [3.8, 4) is 5.75 Å². The molecular formula is C12H13NO5. The van der Waals surface area contributed by atoms with Crippen LogP contribution in [0.5, 0.6) is 5.75 Å². The topological polar surface area (TPSA) is 78.7 Å². The molecule has 0 saturated carbocycles. The summed E-state index contributed by atoms with van der Waals surface area (Å²) in [5.74, 6) is -0.241. The molecule has 0 fully saturated rings. The third kappa shape index (κ3) is 3.07. The van der Waals surface area contributed by atoms with Gasteiger partial charge in [0.1, 0.15) is 5.75 Å². The second-order valence-electron chi connectivity index (χ2n) is 3.50. The van der Waals surface area contributed by atoms with Gasteiger partial charge in [0.25, 0.3) is 5.69 Å². The number of hydrogen-bond acceptors (Lipinski definition) is 5. The molecular weight excluding hydrogens is 238 g/mol. The van der Waals surface area contributed by atoms with E-state index >= 15 is 0 Å².